The smallest absolute Gasteiger partial charge is 0.223 e. The molecule has 1 aliphatic carbocycles. The third-order valence-electron chi connectivity index (χ3n) is 2.59. The van der Waals surface area contributed by atoms with Crippen LogP contribution in [0.15, 0.2) is 5.38 Å². The molecule has 0 unspecified atom stereocenters. The molecule has 6 heteroatoms. The zero-order valence-electron chi connectivity index (χ0n) is 9.36. The normalized spacial score (nSPS) is 17.2. The third kappa shape index (κ3) is 2.58. The van der Waals surface area contributed by atoms with Crippen LogP contribution >= 0.6 is 11.3 Å². The summed E-state index contributed by atoms with van der Waals surface area (Å²) in [6.07, 6.45) is 1.50. The molecular weight excluding hydrogens is 240 g/mol. The summed E-state index contributed by atoms with van der Waals surface area (Å²) in [5.74, 6) is -1.07. The van der Waals surface area contributed by atoms with Crippen LogP contribution in [0.2, 0.25) is 0 Å². The lowest BCUT2D eigenvalue weighted by Crippen LogP contribution is -2.26. The van der Waals surface area contributed by atoms with Gasteiger partial charge in [-0.3, -0.25) is 14.4 Å². The summed E-state index contributed by atoms with van der Waals surface area (Å²) in [6, 6.07) is 0. The number of amides is 1. The Morgan fingerprint density at radius 2 is 2.06 bits per heavy atom. The number of anilines is 1. The lowest BCUT2D eigenvalue weighted by Gasteiger charge is -2.17. The Morgan fingerprint density at radius 1 is 1.41 bits per heavy atom. The quantitative estimate of drug-likeness (QED) is 0.809. The molecule has 1 aliphatic rings. The number of aromatic nitrogens is 1. The molecule has 1 heterocycles. The van der Waals surface area contributed by atoms with Crippen molar-refractivity contribution in [3.05, 3.63) is 11.1 Å². The fourth-order valence-electron chi connectivity index (χ4n) is 1.86. The van der Waals surface area contributed by atoms with Gasteiger partial charge in [-0.05, 0) is 6.42 Å². The van der Waals surface area contributed by atoms with Gasteiger partial charge in [0.05, 0.1) is 5.69 Å². The van der Waals surface area contributed by atoms with E-state index in [0.29, 0.717) is 30.1 Å². The lowest BCUT2D eigenvalue weighted by molar-refractivity contribution is -0.131. The van der Waals surface area contributed by atoms with Crippen molar-refractivity contribution in [2.45, 2.75) is 32.1 Å². The minimum Gasteiger partial charge on any atom is -0.302 e. The highest BCUT2D eigenvalue weighted by molar-refractivity contribution is 7.14. The van der Waals surface area contributed by atoms with Crippen molar-refractivity contribution in [3.8, 4) is 0 Å². The standard InChI is InChI=1S/C11H12N2O3S/c1-6(14)12-11-13-7(5-17-11)10-8(15)3-2-4-9(10)16/h5,10H,2-4H2,1H3,(H,12,13,14). The van der Waals surface area contributed by atoms with Gasteiger partial charge in [0.2, 0.25) is 5.91 Å². The first-order valence-corrected chi connectivity index (χ1v) is 6.24. The van der Waals surface area contributed by atoms with Crippen LogP contribution in [0.1, 0.15) is 37.8 Å². The second-order valence-electron chi connectivity index (χ2n) is 3.98. The molecule has 90 valence electrons. The zero-order chi connectivity index (χ0) is 12.4. The van der Waals surface area contributed by atoms with E-state index in [1.807, 2.05) is 0 Å². The van der Waals surface area contributed by atoms with Crippen molar-refractivity contribution in [2.75, 3.05) is 5.32 Å². The van der Waals surface area contributed by atoms with Gasteiger partial charge in [-0.25, -0.2) is 4.98 Å². The average Bonchev–Trinajstić information content (AvgIpc) is 2.65. The highest BCUT2D eigenvalue weighted by atomic mass is 32.1. The van der Waals surface area contributed by atoms with Crippen molar-refractivity contribution in [3.63, 3.8) is 0 Å². The Labute approximate surface area is 102 Å². The predicted molar refractivity (Wildman–Crippen MR) is 63.0 cm³/mol. The summed E-state index contributed by atoms with van der Waals surface area (Å²) < 4.78 is 0. The van der Waals surface area contributed by atoms with E-state index in [-0.39, 0.29) is 17.5 Å². The Bertz CT molecular complexity index is 465. The first-order valence-electron chi connectivity index (χ1n) is 5.36. The molecule has 0 spiro atoms. The number of thiazole rings is 1. The number of rotatable bonds is 2. The maximum Gasteiger partial charge on any atom is 0.223 e. The third-order valence-corrected chi connectivity index (χ3v) is 3.37. The van der Waals surface area contributed by atoms with Crippen LogP contribution < -0.4 is 5.32 Å². The van der Waals surface area contributed by atoms with E-state index in [4.69, 9.17) is 0 Å². The maximum absolute atomic E-state index is 11.7. The summed E-state index contributed by atoms with van der Waals surface area (Å²) in [7, 11) is 0. The van der Waals surface area contributed by atoms with E-state index in [1.165, 1.54) is 18.3 Å². The van der Waals surface area contributed by atoms with Crippen LogP contribution in [-0.4, -0.2) is 22.5 Å². The number of carbonyl (C=O) groups is 3. The molecule has 0 atom stereocenters. The Hall–Kier alpha value is -1.56. The summed E-state index contributed by atoms with van der Waals surface area (Å²) >= 11 is 1.23. The minimum absolute atomic E-state index is 0.0686. The molecule has 0 saturated heterocycles. The second kappa shape index (κ2) is 4.75. The van der Waals surface area contributed by atoms with Crippen LogP contribution in [-0.2, 0) is 14.4 Å². The molecule has 1 aromatic rings. The largest absolute Gasteiger partial charge is 0.302 e. The van der Waals surface area contributed by atoms with Crippen molar-refractivity contribution in [1.82, 2.24) is 4.98 Å². The molecule has 0 bridgehead atoms. The molecular formula is C11H12N2O3S. The van der Waals surface area contributed by atoms with Gasteiger partial charge in [-0.15, -0.1) is 11.3 Å². The number of hydrogen-bond acceptors (Lipinski definition) is 5. The van der Waals surface area contributed by atoms with Gasteiger partial charge < -0.3 is 5.32 Å². The number of nitrogens with zero attached hydrogens (tertiary/aromatic N) is 1. The van der Waals surface area contributed by atoms with Crippen LogP contribution in [0.4, 0.5) is 5.13 Å². The number of Topliss-reactive ketones (excluding diaryl/α,β-unsaturated/α-hetero) is 2. The van der Waals surface area contributed by atoms with Crippen LogP contribution in [0.5, 0.6) is 0 Å². The molecule has 1 saturated carbocycles. The minimum atomic E-state index is -0.720. The van der Waals surface area contributed by atoms with E-state index in [0.717, 1.165) is 0 Å². The molecule has 1 fully saturated rings. The summed E-state index contributed by atoms with van der Waals surface area (Å²) in [4.78, 5) is 38.4. The van der Waals surface area contributed by atoms with E-state index in [2.05, 4.69) is 10.3 Å². The Kier molecular flexibility index (Phi) is 3.33. The molecule has 1 amide bonds. The molecule has 5 nitrogen and oxygen atoms in total. The number of nitrogens with one attached hydrogen (secondary N) is 1. The molecule has 1 N–H and O–H groups in total. The van der Waals surface area contributed by atoms with Gasteiger partial charge in [-0.2, -0.15) is 0 Å². The SMILES string of the molecule is CC(=O)Nc1nc(C2C(=O)CCCC2=O)cs1. The first kappa shape index (κ1) is 11.9. The van der Waals surface area contributed by atoms with Crippen LogP contribution in [0.3, 0.4) is 0 Å². The first-order chi connectivity index (χ1) is 8.08. The van der Waals surface area contributed by atoms with Crippen LogP contribution in [0.25, 0.3) is 0 Å². The number of carbonyl (C=O) groups excluding carboxylic acids is 3. The summed E-state index contributed by atoms with van der Waals surface area (Å²) in [6.45, 7) is 1.39. The van der Waals surface area contributed by atoms with Crippen LogP contribution in [0, 0.1) is 0 Å². The van der Waals surface area contributed by atoms with Gasteiger partial charge in [0.25, 0.3) is 0 Å². The van der Waals surface area contributed by atoms with Crippen molar-refractivity contribution in [2.24, 2.45) is 0 Å². The van der Waals surface area contributed by atoms with Gasteiger partial charge >= 0.3 is 0 Å². The molecule has 0 aromatic carbocycles. The maximum atomic E-state index is 11.7. The average molecular weight is 252 g/mol. The fraction of sp³-hybridized carbons (Fsp3) is 0.455. The van der Waals surface area contributed by atoms with E-state index >= 15 is 0 Å². The van der Waals surface area contributed by atoms with E-state index in [1.54, 1.807) is 5.38 Å². The Balaban J connectivity index is 2.21. The number of ketones is 2. The topological polar surface area (TPSA) is 76.1 Å². The van der Waals surface area contributed by atoms with Gasteiger partial charge in [0.1, 0.15) is 17.5 Å². The lowest BCUT2D eigenvalue weighted by atomic mass is 9.85. The van der Waals surface area contributed by atoms with Crippen molar-refractivity contribution >= 4 is 33.9 Å². The van der Waals surface area contributed by atoms with Crippen molar-refractivity contribution < 1.29 is 14.4 Å². The van der Waals surface area contributed by atoms with Gasteiger partial charge in [0, 0.05) is 25.1 Å². The molecule has 1 aromatic heterocycles. The highest BCUT2D eigenvalue weighted by Crippen LogP contribution is 2.29. The predicted octanol–water partition coefficient (Wildman–Crippen LogP) is 1.51. The van der Waals surface area contributed by atoms with E-state index < -0.39 is 5.92 Å². The van der Waals surface area contributed by atoms with E-state index in [9.17, 15) is 14.4 Å². The summed E-state index contributed by atoms with van der Waals surface area (Å²) in [5, 5.41) is 4.63. The molecule has 2 rings (SSSR count). The summed E-state index contributed by atoms with van der Waals surface area (Å²) in [5.41, 5.74) is 0.466. The molecule has 17 heavy (non-hydrogen) atoms. The van der Waals surface area contributed by atoms with Gasteiger partial charge in [-0.1, -0.05) is 0 Å². The highest BCUT2D eigenvalue weighted by Gasteiger charge is 2.33. The number of hydrogen-bond donors (Lipinski definition) is 1. The van der Waals surface area contributed by atoms with Gasteiger partial charge in [0.15, 0.2) is 5.13 Å². The zero-order valence-corrected chi connectivity index (χ0v) is 10.2. The monoisotopic (exact) mass is 252 g/mol. The molecule has 0 aliphatic heterocycles. The molecule has 0 radical (unpaired) electrons. The second-order valence-corrected chi connectivity index (χ2v) is 4.84. The van der Waals surface area contributed by atoms with Crippen molar-refractivity contribution in [1.29, 1.82) is 0 Å². The Morgan fingerprint density at radius 3 is 2.65 bits per heavy atom. The fourth-order valence-corrected chi connectivity index (χ4v) is 2.64.